The lowest BCUT2D eigenvalue weighted by atomic mass is 9.81. The molecule has 9 heteroatoms. The van der Waals surface area contributed by atoms with E-state index in [9.17, 15) is 10.2 Å². The fraction of sp³-hybridized carbons (Fsp3) is 0.613. The molecule has 5 rings (SSSR count). The lowest BCUT2D eigenvalue weighted by Gasteiger charge is -2.47. The Kier molecular flexibility index (Phi) is 9.56. The summed E-state index contributed by atoms with van der Waals surface area (Å²) in [5, 5.41) is 22.9. The normalized spacial score (nSPS) is 37.2. The summed E-state index contributed by atoms with van der Waals surface area (Å²) < 4.78 is 42.6. The van der Waals surface area contributed by atoms with Gasteiger partial charge in [0.2, 0.25) is 0 Å². The van der Waals surface area contributed by atoms with Crippen LogP contribution in [0.4, 0.5) is 0 Å². The van der Waals surface area contributed by atoms with Gasteiger partial charge in [-0.05, 0) is 38.3 Å². The summed E-state index contributed by atoms with van der Waals surface area (Å²) >= 11 is 0. The van der Waals surface area contributed by atoms with Crippen LogP contribution in [-0.4, -0.2) is 84.8 Å². The van der Waals surface area contributed by atoms with Crippen LogP contribution in [0.25, 0.3) is 0 Å². The average molecular weight is 559 g/mol. The van der Waals surface area contributed by atoms with E-state index in [4.69, 9.17) is 33.2 Å². The molecule has 3 saturated heterocycles. The minimum absolute atomic E-state index is 0.165. The van der Waals surface area contributed by atoms with E-state index in [1.54, 1.807) is 7.11 Å². The van der Waals surface area contributed by atoms with Gasteiger partial charge in [0.25, 0.3) is 0 Å². The summed E-state index contributed by atoms with van der Waals surface area (Å²) in [6, 6.07) is 19.6. The number of aliphatic hydroxyl groups is 2. The van der Waals surface area contributed by atoms with E-state index in [0.717, 1.165) is 11.1 Å². The second-order valence-electron chi connectivity index (χ2n) is 11.4. The zero-order valence-corrected chi connectivity index (χ0v) is 23.6. The Hall–Kier alpha value is -1.92. The van der Waals surface area contributed by atoms with Gasteiger partial charge in [0.05, 0.1) is 38.1 Å². The molecule has 3 heterocycles. The fourth-order valence-corrected chi connectivity index (χ4v) is 5.99. The minimum atomic E-state index is -0.955. The fourth-order valence-electron chi connectivity index (χ4n) is 5.99. The highest BCUT2D eigenvalue weighted by Crippen LogP contribution is 2.41. The van der Waals surface area contributed by atoms with Gasteiger partial charge in [-0.1, -0.05) is 60.7 Å². The summed E-state index contributed by atoms with van der Waals surface area (Å²) in [6.07, 6.45) is -5.45. The molecule has 0 aliphatic carbocycles. The molecule has 3 fully saturated rings. The number of fused-ring (bicyclic) bond motifs is 1. The first kappa shape index (κ1) is 29.6. The van der Waals surface area contributed by atoms with Crippen LogP contribution in [0.2, 0.25) is 0 Å². The lowest BCUT2D eigenvalue weighted by molar-refractivity contribution is -0.303. The molecule has 40 heavy (non-hydrogen) atoms. The third-order valence-corrected chi connectivity index (χ3v) is 7.97. The van der Waals surface area contributed by atoms with E-state index in [2.05, 4.69) is 0 Å². The van der Waals surface area contributed by atoms with E-state index < -0.39 is 54.6 Å². The average Bonchev–Trinajstić information content (AvgIpc) is 3.29. The summed E-state index contributed by atoms with van der Waals surface area (Å²) in [5.41, 5.74) is 2.02. The summed E-state index contributed by atoms with van der Waals surface area (Å²) in [7, 11) is 1.56. The molecule has 3 aliphatic heterocycles. The topological polar surface area (TPSA) is 105 Å². The number of hydrogen-bond donors (Lipinski definition) is 2. The highest BCUT2D eigenvalue weighted by Gasteiger charge is 2.55. The summed E-state index contributed by atoms with van der Waals surface area (Å²) in [4.78, 5) is 0. The molecule has 10 atom stereocenters. The van der Waals surface area contributed by atoms with Crippen LogP contribution in [0.1, 0.15) is 38.3 Å². The maximum Gasteiger partial charge on any atom is 0.184 e. The number of rotatable bonds is 10. The van der Waals surface area contributed by atoms with Crippen molar-refractivity contribution >= 4 is 0 Å². The largest absolute Gasteiger partial charge is 0.390 e. The van der Waals surface area contributed by atoms with E-state index in [1.165, 1.54) is 0 Å². The van der Waals surface area contributed by atoms with Crippen molar-refractivity contribution in [3.63, 3.8) is 0 Å². The molecule has 3 aliphatic rings. The summed E-state index contributed by atoms with van der Waals surface area (Å²) in [5.74, 6) is -1.29. The first-order valence-electron chi connectivity index (χ1n) is 14.1. The molecule has 0 radical (unpaired) electrons. The van der Waals surface area contributed by atoms with Gasteiger partial charge in [0.1, 0.15) is 30.5 Å². The predicted octanol–water partition coefficient (Wildman–Crippen LogP) is 3.20. The molecular weight excluding hydrogens is 516 g/mol. The summed E-state index contributed by atoms with van der Waals surface area (Å²) in [6.45, 7) is 6.45. The third-order valence-electron chi connectivity index (χ3n) is 7.97. The van der Waals surface area contributed by atoms with Crippen molar-refractivity contribution < 1.29 is 43.4 Å². The van der Waals surface area contributed by atoms with Crippen molar-refractivity contribution in [3.8, 4) is 0 Å². The minimum Gasteiger partial charge on any atom is -0.390 e. The Labute approximate surface area is 236 Å². The van der Waals surface area contributed by atoms with E-state index in [1.807, 2.05) is 81.4 Å². The van der Waals surface area contributed by atoms with Crippen molar-refractivity contribution in [1.29, 1.82) is 0 Å². The second-order valence-corrected chi connectivity index (χ2v) is 11.4. The third kappa shape index (κ3) is 6.75. The second kappa shape index (κ2) is 12.9. The molecule has 9 nitrogen and oxygen atoms in total. The van der Waals surface area contributed by atoms with Crippen molar-refractivity contribution in [3.05, 3.63) is 71.8 Å². The Balaban J connectivity index is 1.33. The van der Waals surface area contributed by atoms with Gasteiger partial charge in [-0.2, -0.15) is 0 Å². The maximum absolute atomic E-state index is 11.6. The van der Waals surface area contributed by atoms with Crippen LogP contribution in [0, 0.1) is 5.92 Å². The number of ether oxygens (including phenoxy) is 7. The number of hydrogen-bond acceptors (Lipinski definition) is 9. The van der Waals surface area contributed by atoms with Crippen LogP contribution in [-0.2, 0) is 46.4 Å². The van der Waals surface area contributed by atoms with Gasteiger partial charge in [-0.3, -0.25) is 0 Å². The van der Waals surface area contributed by atoms with Crippen molar-refractivity contribution in [2.45, 2.75) is 101 Å². The van der Waals surface area contributed by atoms with Crippen LogP contribution in [0.15, 0.2) is 60.7 Å². The van der Waals surface area contributed by atoms with Crippen molar-refractivity contribution in [2.24, 2.45) is 5.92 Å². The van der Waals surface area contributed by atoms with Crippen molar-refractivity contribution in [2.75, 3.05) is 13.7 Å². The Morgan fingerprint density at radius 3 is 2.08 bits per heavy atom. The van der Waals surface area contributed by atoms with E-state index >= 15 is 0 Å². The van der Waals surface area contributed by atoms with Gasteiger partial charge in [-0.25, -0.2) is 0 Å². The monoisotopic (exact) mass is 558 g/mol. The first-order valence-corrected chi connectivity index (χ1v) is 14.1. The molecule has 2 aromatic rings. The quantitative estimate of drug-likeness (QED) is 0.455. The lowest BCUT2D eigenvalue weighted by Crippen LogP contribution is -2.60. The molecule has 0 amide bonds. The smallest absolute Gasteiger partial charge is 0.184 e. The van der Waals surface area contributed by atoms with Gasteiger partial charge in [0.15, 0.2) is 12.1 Å². The Morgan fingerprint density at radius 1 is 0.800 bits per heavy atom. The van der Waals surface area contributed by atoms with Crippen molar-refractivity contribution in [1.82, 2.24) is 0 Å². The van der Waals surface area contributed by atoms with Gasteiger partial charge in [-0.15, -0.1) is 0 Å². The number of aliphatic hydroxyl groups excluding tert-OH is 2. The number of benzene rings is 2. The van der Waals surface area contributed by atoms with E-state index in [-0.39, 0.29) is 18.8 Å². The Bertz CT molecular complexity index is 1050. The van der Waals surface area contributed by atoms with Crippen LogP contribution < -0.4 is 0 Å². The van der Waals surface area contributed by atoms with E-state index in [0.29, 0.717) is 19.6 Å². The van der Waals surface area contributed by atoms with Gasteiger partial charge >= 0.3 is 0 Å². The molecule has 2 N–H and O–H groups in total. The standard InChI is InChI=1S/C31H42O9/c1-19-27-29(40-31(2,3)39-27)26(33)23(37-19)15-22-25(32)24(18-35-16-20-11-7-5-8-12-20)38-30(34-4)28(22)36-17-21-13-9-6-10-14-21/h5-14,19,22-30,32-33H,15-18H2,1-4H3/t19-,22-,23+,24+,25-,26+,27+,28+,29-,30-/m0/s1. The molecular formula is C31H42O9. The van der Waals surface area contributed by atoms with Gasteiger partial charge in [0, 0.05) is 13.0 Å². The first-order chi connectivity index (χ1) is 19.3. The zero-order chi connectivity index (χ0) is 28.3. The molecule has 0 spiro atoms. The maximum atomic E-state index is 11.6. The highest BCUT2D eigenvalue weighted by atomic mass is 16.8. The predicted molar refractivity (Wildman–Crippen MR) is 145 cm³/mol. The van der Waals surface area contributed by atoms with Crippen LogP contribution in [0.5, 0.6) is 0 Å². The molecule has 0 unspecified atom stereocenters. The Morgan fingerprint density at radius 2 is 1.43 bits per heavy atom. The molecule has 220 valence electrons. The molecule has 0 aromatic heterocycles. The van der Waals surface area contributed by atoms with Crippen LogP contribution >= 0.6 is 0 Å². The van der Waals surface area contributed by atoms with Gasteiger partial charge < -0.3 is 43.4 Å². The van der Waals surface area contributed by atoms with Crippen LogP contribution in [0.3, 0.4) is 0 Å². The SMILES string of the molecule is CO[C@H]1O[C@H](COCc2ccccc2)[C@@H](O)[C@H](C[C@H]2O[C@@H](C)[C@H]3OC(C)(C)O[C@H]3[C@@H]2O)[C@H]1OCc1ccccc1. The molecule has 0 bridgehead atoms. The molecule has 2 aromatic carbocycles. The zero-order valence-electron chi connectivity index (χ0n) is 23.6. The number of methoxy groups -OCH3 is 1. The highest BCUT2D eigenvalue weighted by molar-refractivity contribution is 5.14. The molecule has 0 saturated carbocycles.